The van der Waals surface area contributed by atoms with Crippen molar-refractivity contribution in [3.63, 3.8) is 0 Å². The van der Waals surface area contributed by atoms with Gasteiger partial charge in [0.25, 0.3) is 0 Å². The molecule has 4 nitrogen and oxygen atoms in total. The van der Waals surface area contributed by atoms with E-state index in [1.165, 1.54) is 0 Å². The molecular weight excluding hydrogens is 248 g/mol. The third-order valence-electron chi connectivity index (χ3n) is 2.02. The lowest BCUT2D eigenvalue weighted by atomic mass is 10.0. The van der Waals surface area contributed by atoms with Gasteiger partial charge in [-0.05, 0) is 20.3 Å². The topological polar surface area (TPSA) is 63.6 Å². The molecule has 0 fully saturated rings. The summed E-state index contributed by atoms with van der Waals surface area (Å²) < 4.78 is 5.18. The summed E-state index contributed by atoms with van der Waals surface area (Å²) in [7, 11) is 0. The van der Waals surface area contributed by atoms with Gasteiger partial charge >= 0.3 is 11.9 Å². The first kappa shape index (κ1) is 15.6. The summed E-state index contributed by atoms with van der Waals surface area (Å²) in [5.41, 5.74) is -0.598. The van der Waals surface area contributed by atoms with Crippen molar-refractivity contribution in [3.05, 3.63) is 0 Å². The molecule has 2 unspecified atom stereocenters. The maximum absolute atomic E-state index is 11.6. The second-order valence-electron chi connectivity index (χ2n) is 4.16. The number of rotatable bonds is 6. The summed E-state index contributed by atoms with van der Waals surface area (Å²) in [6.07, 6.45) is 1.59. The number of thiol groups is 2. The van der Waals surface area contributed by atoms with Gasteiger partial charge in [0.1, 0.15) is 16.1 Å². The van der Waals surface area contributed by atoms with E-state index >= 15 is 0 Å². The third kappa shape index (κ3) is 5.12. The molecule has 0 rings (SSSR count). The lowest BCUT2D eigenvalue weighted by molar-refractivity contribution is -0.158. The zero-order chi connectivity index (χ0) is 12.9. The maximum atomic E-state index is 11.6. The zero-order valence-corrected chi connectivity index (χ0v) is 11.4. The molecule has 0 aromatic rings. The number of hydrogen-bond donors (Lipinski definition) is 3. The molecule has 0 amide bonds. The predicted octanol–water partition coefficient (Wildman–Crippen LogP) is 1.79. The average molecular weight is 266 g/mol. The van der Waals surface area contributed by atoms with Crippen LogP contribution in [0.3, 0.4) is 0 Å². The van der Waals surface area contributed by atoms with Gasteiger partial charge < -0.3 is 9.84 Å². The molecule has 0 heterocycles. The highest BCUT2D eigenvalue weighted by molar-refractivity contribution is 7.86. The number of esters is 1. The number of hydrogen-bond acceptors (Lipinski definition) is 5. The summed E-state index contributed by atoms with van der Waals surface area (Å²) >= 11 is 7.69. The predicted molar refractivity (Wildman–Crippen MR) is 68.3 cm³/mol. The summed E-state index contributed by atoms with van der Waals surface area (Å²) in [6, 6.07) is 0. The van der Waals surface area contributed by atoms with Crippen LogP contribution in [0.2, 0.25) is 0 Å². The van der Waals surface area contributed by atoms with E-state index < -0.39 is 28.0 Å². The van der Waals surface area contributed by atoms with Gasteiger partial charge in [0.2, 0.25) is 0 Å². The molecule has 94 valence electrons. The van der Waals surface area contributed by atoms with Crippen LogP contribution in [0.25, 0.3) is 0 Å². The Hall–Kier alpha value is -0.360. The number of carbonyl (C=O) groups is 2. The van der Waals surface area contributed by atoms with E-state index in [1.807, 2.05) is 6.92 Å². The van der Waals surface area contributed by atoms with Crippen molar-refractivity contribution in [1.29, 1.82) is 0 Å². The number of ether oxygens (including phenoxy) is 1. The molecule has 0 saturated heterocycles. The van der Waals surface area contributed by atoms with Gasteiger partial charge in [-0.2, -0.15) is 25.3 Å². The maximum Gasteiger partial charge on any atom is 0.321 e. The van der Waals surface area contributed by atoms with Crippen molar-refractivity contribution in [2.45, 2.75) is 49.7 Å². The summed E-state index contributed by atoms with van der Waals surface area (Å²) in [5.74, 6) is -1.84. The van der Waals surface area contributed by atoms with Gasteiger partial charge in [0.15, 0.2) is 0 Å². The van der Waals surface area contributed by atoms with Crippen molar-refractivity contribution in [2.24, 2.45) is 0 Å². The van der Waals surface area contributed by atoms with Crippen LogP contribution >= 0.6 is 25.3 Å². The SMILES string of the molecule is CCCC(C)(C)OC(=O)C(S)C(S)C(=O)O. The minimum absolute atomic E-state index is 0.598. The van der Waals surface area contributed by atoms with Crippen LogP contribution in [-0.2, 0) is 14.3 Å². The molecule has 1 N–H and O–H groups in total. The number of carbonyl (C=O) groups excluding carboxylic acids is 1. The van der Waals surface area contributed by atoms with E-state index in [0.29, 0.717) is 6.42 Å². The van der Waals surface area contributed by atoms with E-state index in [-0.39, 0.29) is 0 Å². The quantitative estimate of drug-likeness (QED) is 0.506. The fourth-order valence-corrected chi connectivity index (χ4v) is 1.55. The molecule has 0 aromatic carbocycles. The van der Waals surface area contributed by atoms with Gasteiger partial charge in [0, 0.05) is 0 Å². The van der Waals surface area contributed by atoms with E-state index in [2.05, 4.69) is 25.3 Å². The summed E-state index contributed by atoms with van der Waals surface area (Å²) in [5, 5.41) is 6.45. The Bertz CT molecular complexity index is 266. The molecule has 0 aliphatic rings. The van der Waals surface area contributed by atoms with Crippen LogP contribution in [0.4, 0.5) is 0 Å². The monoisotopic (exact) mass is 266 g/mol. The molecular formula is C10H18O4S2. The van der Waals surface area contributed by atoms with Gasteiger partial charge in [-0.25, -0.2) is 0 Å². The van der Waals surface area contributed by atoms with E-state index in [1.54, 1.807) is 13.8 Å². The van der Waals surface area contributed by atoms with Crippen LogP contribution in [0, 0.1) is 0 Å². The molecule has 16 heavy (non-hydrogen) atoms. The Kier molecular flexibility index (Phi) is 6.25. The highest BCUT2D eigenvalue weighted by Gasteiger charge is 2.32. The van der Waals surface area contributed by atoms with E-state index in [9.17, 15) is 9.59 Å². The minimum atomic E-state index is -1.19. The normalized spacial score (nSPS) is 15.3. The van der Waals surface area contributed by atoms with E-state index in [0.717, 1.165) is 6.42 Å². The van der Waals surface area contributed by atoms with Crippen LogP contribution in [0.15, 0.2) is 0 Å². The highest BCUT2D eigenvalue weighted by Crippen LogP contribution is 2.20. The fourth-order valence-electron chi connectivity index (χ4n) is 1.25. The first-order chi connectivity index (χ1) is 7.21. The first-order valence-electron chi connectivity index (χ1n) is 5.03. The molecule has 0 bridgehead atoms. The second kappa shape index (κ2) is 6.39. The molecule has 0 aliphatic carbocycles. The molecule has 0 saturated carbocycles. The molecule has 0 aliphatic heterocycles. The number of carboxylic acid groups (broad SMARTS) is 1. The standard InChI is InChI=1S/C10H18O4S2/c1-4-5-10(2,3)14-9(13)7(16)6(15)8(11)12/h6-7,15-16H,4-5H2,1-3H3,(H,11,12). The Labute approximate surface area is 107 Å². The van der Waals surface area contributed by atoms with Crippen molar-refractivity contribution in [3.8, 4) is 0 Å². The van der Waals surface area contributed by atoms with Crippen LogP contribution in [0.1, 0.15) is 33.6 Å². The molecule has 0 aromatic heterocycles. The average Bonchev–Trinajstić information content (AvgIpc) is 2.14. The molecule has 2 atom stereocenters. The lowest BCUT2D eigenvalue weighted by Crippen LogP contribution is -2.38. The molecule has 6 heteroatoms. The Morgan fingerprint density at radius 1 is 1.31 bits per heavy atom. The van der Waals surface area contributed by atoms with Crippen molar-refractivity contribution >= 4 is 37.2 Å². The molecule has 0 radical (unpaired) electrons. The Balaban J connectivity index is 4.41. The second-order valence-corrected chi connectivity index (χ2v) is 5.27. The summed E-state index contributed by atoms with van der Waals surface area (Å²) in [4.78, 5) is 22.2. The van der Waals surface area contributed by atoms with Crippen molar-refractivity contribution in [2.75, 3.05) is 0 Å². The Morgan fingerprint density at radius 3 is 2.19 bits per heavy atom. The fraction of sp³-hybridized carbons (Fsp3) is 0.800. The van der Waals surface area contributed by atoms with Crippen LogP contribution in [0.5, 0.6) is 0 Å². The zero-order valence-electron chi connectivity index (χ0n) is 9.64. The van der Waals surface area contributed by atoms with E-state index in [4.69, 9.17) is 9.84 Å². The lowest BCUT2D eigenvalue weighted by Gasteiger charge is -2.26. The summed E-state index contributed by atoms with van der Waals surface area (Å²) in [6.45, 7) is 5.54. The van der Waals surface area contributed by atoms with Gasteiger partial charge in [0.05, 0.1) is 0 Å². The van der Waals surface area contributed by atoms with Crippen LogP contribution in [-0.4, -0.2) is 33.1 Å². The third-order valence-corrected chi connectivity index (χ3v) is 3.29. The van der Waals surface area contributed by atoms with Crippen LogP contribution < -0.4 is 0 Å². The van der Waals surface area contributed by atoms with Gasteiger partial charge in [-0.1, -0.05) is 13.3 Å². The van der Waals surface area contributed by atoms with Crippen molar-refractivity contribution < 1.29 is 19.4 Å². The first-order valence-corrected chi connectivity index (χ1v) is 6.06. The Morgan fingerprint density at radius 2 is 1.81 bits per heavy atom. The highest BCUT2D eigenvalue weighted by atomic mass is 32.1. The van der Waals surface area contributed by atoms with Gasteiger partial charge in [-0.3, -0.25) is 9.59 Å². The number of aliphatic carboxylic acids is 1. The van der Waals surface area contributed by atoms with Gasteiger partial charge in [-0.15, -0.1) is 0 Å². The smallest absolute Gasteiger partial charge is 0.321 e. The minimum Gasteiger partial charge on any atom is -0.480 e. The van der Waals surface area contributed by atoms with Crippen molar-refractivity contribution in [1.82, 2.24) is 0 Å². The molecule has 0 spiro atoms. The number of carboxylic acids is 1. The largest absolute Gasteiger partial charge is 0.480 e.